The summed E-state index contributed by atoms with van der Waals surface area (Å²) in [5.41, 5.74) is 5.99. The Hall–Kier alpha value is -0.610. The third-order valence-corrected chi connectivity index (χ3v) is 3.53. The van der Waals surface area contributed by atoms with Gasteiger partial charge in [0.1, 0.15) is 0 Å². The van der Waals surface area contributed by atoms with Crippen LogP contribution in [0.1, 0.15) is 32.6 Å². The van der Waals surface area contributed by atoms with Gasteiger partial charge in [0, 0.05) is 25.0 Å². The lowest BCUT2D eigenvalue weighted by atomic mass is 9.72. The quantitative estimate of drug-likeness (QED) is 0.709. The fraction of sp³-hybridized carbons (Fsp3) is 0.909. The average molecular weight is 212 g/mol. The Kier molecular flexibility index (Phi) is 3.26. The van der Waals surface area contributed by atoms with E-state index in [1.54, 1.807) is 0 Å². The molecule has 86 valence electrons. The zero-order valence-corrected chi connectivity index (χ0v) is 9.24. The third kappa shape index (κ3) is 2.01. The van der Waals surface area contributed by atoms with Crippen LogP contribution in [-0.4, -0.2) is 30.7 Å². The highest BCUT2D eigenvalue weighted by atomic mass is 16.5. The lowest BCUT2D eigenvalue weighted by Gasteiger charge is -2.45. The fourth-order valence-electron chi connectivity index (χ4n) is 2.52. The van der Waals surface area contributed by atoms with Crippen molar-refractivity contribution in [2.75, 3.05) is 6.61 Å². The molecule has 2 fully saturated rings. The van der Waals surface area contributed by atoms with Gasteiger partial charge >= 0.3 is 0 Å². The number of nitrogens with two attached hydrogens (primary N) is 1. The first kappa shape index (κ1) is 10.9. The molecule has 2 rings (SSSR count). The molecule has 4 heteroatoms. The number of nitrogens with one attached hydrogen (secondary N) is 1. The number of hydrogen-bond donors (Lipinski definition) is 2. The van der Waals surface area contributed by atoms with Gasteiger partial charge in [0.05, 0.1) is 12.1 Å². The SMILES string of the molecule is CCCCC(=O)NC1C(N)C2CCOC21. The maximum absolute atomic E-state index is 11.5. The van der Waals surface area contributed by atoms with Crippen LogP contribution in [0.5, 0.6) is 0 Å². The molecule has 0 radical (unpaired) electrons. The molecule has 1 heterocycles. The van der Waals surface area contributed by atoms with Gasteiger partial charge < -0.3 is 15.8 Å². The van der Waals surface area contributed by atoms with Crippen molar-refractivity contribution in [3.8, 4) is 0 Å². The lowest BCUT2D eigenvalue weighted by Crippen LogP contribution is -2.68. The number of carbonyl (C=O) groups is 1. The fourth-order valence-corrected chi connectivity index (χ4v) is 2.52. The minimum absolute atomic E-state index is 0.0573. The van der Waals surface area contributed by atoms with E-state index in [0.717, 1.165) is 25.9 Å². The summed E-state index contributed by atoms with van der Waals surface area (Å²) in [5, 5.41) is 2.98. The van der Waals surface area contributed by atoms with E-state index in [1.165, 1.54) is 0 Å². The molecular weight excluding hydrogens is 192 g/mol. The van der Waals surface area contributed by atoms with Gasteiger partial charge in [0.25, 0.3) is 0 Å². The van der Waals surface area contributed by atoms with Crippen LogP contribution in [0.4, 0.5) is 0 Å². The highest BCUT2D eigenvalue weighted by Crippen LogP contribution is 2.37. The molecule has 4 atom stereocenters. The number of amides is 1. The maximum Gasteiger partial charge on any atom is 0.220 e. The first-order valence-corrected chi connectivity index (χ1v) is 5.90. The summed E-state index contributed by atoms with van der Waals surface area (Å²) in [6, 6.07) is 0.157. The summed E-state index contributed by atoms with van der Waals surface area (Å²) < 4.78 is 5.55. The van der Waals surface area contributed by atoms with Crippen molar-refractivity contribution in [1.82, 2.24) is 5.32 Å². The van der Waals surface area contributed by atoms with Crippen LogP contribution in [0, 0.1) is 5.92 Å². The predicted molar refractivity (Wildman–Crippen MR) is 57.3 cm³/mol. The number of rotatable bonds is 4. The zero-order valence-electron chi connectivity index (χ0n) is 9.24. The van der Waals surface area contributed by atoms with Crippen LogP contribution in [0.15, 0.2) is 0 Å². The van der Waals surface area contributed by atoms with Crippen LogP contribution in [-0.2, 0) is 9.53 Å². The molecule has 3 N–H and O–H groups in total. The summed E-state index contributed by atoms with van der Waals surface area (Å²) >= 11 is 0. The molecule has 1 saturated heterocycles. The van der Waals surface area contributed by atoms with E-state index in [9.17, 15) is 4.79 Å². The first-order valence-electron chi connectivity index (χ1n) is 5.90. The second-order valence-electron chi connectivity index (χ2n) is 4.56. The number of fused-ring (bicyclic) bond motifs is 1. The monoisotopic (exact) mass is 212 g/mol. The summed E-state index contributed by atoms with van der Waals surface area (Å²) in [4.78, 5) is 11.5. The van der Waals surface area contributed by atoms with Crippen LogP contribution in [0.2, 0.25) is 0 Å². The molecule has 0 aromatic rings. The zero-order chi connectivity index (χ0) is 10.8. The van der Waals surface area contributed by atoms with Gasteiger partial charge in [-0.25, -0.2) is 0 Å². The van der Waals surface area contributed by atoms with Crippen molar-refractivity contribution >= 4 is 5.91 Å². The molecule has 1 amide bonds. The van der Waals surface area contributed by atoms with Gasteiger partial charge in [-0.3, -0.25) is 4.79 Å². The smallest absolute Gasteiger partial charge is 0.220 e. The Morgan fingerprint density at radius 1 is 1.60 bits per heavy atom. The average Bonchev–Trinajstić information content (AvgIpc) is 2.67. The molecule has 2 aliphatic rings. The van der Waals surface area contributed by atoms with Crippen LogP contribution < -0.4 is 11.1 Å². The normalized spacial score (nSPS) is 38.3. The van der Waals surface area contributed by atoms with Gasteiger partial charge in [-0.15, -0.1) is 0 Å². The third-order valence-electron chi connectivity index (χ3n) is 3.53. The van der Waals surface area contributed by atoms with E-state index < -0.39 is 0 Å². The second kappa shape index (κ2) is 4.49. The number of carbonyl (C=O) groups excluding carboxylic acids is 1. The van der Waals surface area contributed by atoms with Gasteiger partial charge in [-0.2, -0.15) is 0 Å². The molecule has 4 unspecified atom stereocenters. The molecular formula is C11H20N2O2. The van der Waals surface area contributed by atoms with Gasteiger partial charge in [0.15, 0.2) is 0 Å². The maximum atomic E-state index is 11.5. The van der Waals surface area contributed by atoms with Crippen molar-refractivity contribution < 1.29 is 9.53 Å². The minimum atomic E-state index is 0.0573. The first-order chi connectivity index (χ1) is 7.24. The van der Waals surface area contributed by atoms with E-state index in [-0.39, 0.29) is 24.1 Å². The predicted octanol–water partition coefficient (Wildman–Crippen LogP) is 0.407. The van der Waals surface area contributed by atoms with Crippen molar-refractivity contribution in [3.05, 3.63) is 0 Å². The Labute approximate surface area is 90.5 Å². The second-order valence-corrected chi connectivity index (χ2v) is 4.56. The topological polar surface area (TPSA) is 64.4 Å². The van der Waals surface area contributed by atoms with Crippen LogP contribution >= 0.6 is 0 Å². The van der Waals surface area contributed by atoms with Crippen molar-refractivity contribution in [3.63, 3.8) is 0 Å². The Balaban J connectivity index is 1.77. The molecule has 4 nitrogen and oxygen atoms in total. The van der Waals surface area contributed by atoms with Crippen molar-refractivity contribution in [2.24, 2.45) is 11.7 Å². The number of ether oxygens (including phenoxy) is 1. The van der Waals surface area contributed by atoms with E-state index >= 15 is 0 Å². The minimum Gasteiger partial charge on any atom is -0.376 e. The molecule has 1 saturated carbocycles. The molecule has 0 aromatic heterocycles. The summed E-state index contributed by atoms with van der Waals surface area (Å²) in [6.45, 7) is 2.88. The molecule has 0 aromatic carbocycles. The lowest BCUT2D eigenvalue weighted by molar-refractivity contribution is -0.125. The van der Waals surface area contributed by atoms with E-state index in [4.69, 9.17) is 10.5 Å². The summed E-state index contributed by atoms with van der Waals surface area (Å²) in [7, 11) is 0. The highest BCUT2D eigenvalue weighted by molar-refractivity contribution is 5.76. The number of hydrogen-bond acceptors (Lipinski definition) is 3. The van der Waals surface area contributed by atoms with E-state index in [1.807, 2.05) is 0 Å². The van der Waals surface area contributed by atoms with Gasteiger partial charge in [0.2, 0.25) is 5.91 Å². The Morgan fingerprint density at radius 2 is 2.40 bits per heavy atom. The molecule has 0 spiro atoms. The highest BCUT2D eigenvalue weighted by Gasteiger charge is 2.52. The van der Waals surface area contributed by atoms with Crippen LogP contribution in [0.25, 0.3) is 0 Å². The largest absolute Gasteiger partial charge is 0.376 e. The van der Waals surface area contributed by atoms with Gasteiger partial charge in [-0.05, 0) is 12.8 Å². The standard InChI is InChI=1S/C11H20N2O2/c1-2-3-4-8(14)13-10-9(12)7-5-6-15-11(7)10/h7,9-11H,2-6,12H2,1H3,(H,13,14). The van der Waals surface area contributed by atoms with Crippen molar-refractivity contribution in [2.45, 2.75) is 50.8 Å². The molecule has 1 aliphatic heterocycles. The Morgan fingerprint density at radius 3 is 3.13 bits per heavy atom. The Bertz CT molecular complexity index is 245. The van der Waals surface area contributed by atoms with Gasteiger partial charge in [-0.1, -0.05) is 13.3 Å². The van der Waals surface area contributed by atoms with Crippen molar-refractivity contribution in [1.29, 1.82) is 0 Å². The number of unbranched alkanes of at least 4 members (excludes halogenated alkanes) is 1. The molecule has 1 aliphatic carbocycles. The van der Waals surface area contributed by atoms with E-state index in [0.29, 0.717) is 12.3 Å². The van der Waals surface area contributed by atoms with Crippen LogP contribution in [0.3, 0.4) is 0 Å². The summed E-state index contributed by atoms with van der Waals surface area (Å²) in [5.74, 6) is 0.590. The summed E-state index contributed by atoms with van der Waals surface area (Å²) in [6.07, 6.45) is 3.84. The van der Waals surface area contributed by atoms with E-state index in [2.05, 4.69) is 12.2 Å². The molecule has 0 bridgehead atoms. The molecule has 15 heavy (non-hydrogen) atoms.